The first-order valence-electron chi connectivity index (χ1n) is 6.72. The molecule has 2 N–H and O–H groups in total. The predicted molar refractivity (Wildman–Crippen MR) is 81.6 cm³/mol. The van der Waals surface area contributed by atoms with Gasteiger partial charge in [0.15, 0.2) is 5.58 Å². The summed E-state index contributed by atoms with van der Waals surface area (Å²) in [5, 5.41) is 0. The number of nitrogens with two attached hydrogens (primary N) is 1. The molecule has 2 aromatic carbocycles. The molecule has 0 atom stereocenters. The molecule has 0 spiro atoms. The van der Waals surface area contributed by atoms with E-state index >= 15 is 0 Å². The Hall–Kier alpha value is -2.49. The van der Waals surface area contributed by atoms with Crippen LogP contribution in [0.2, 0.25) is 0 Å². The molecule has 0 aliphatic rings. The maximum atomic E-state index is 5.90. The van der Waals surface area contributed by atoms with Crippen LogP contribution in [0.5, 0.6) is 0 Å². The van der Waals surface area contributed by atoms with Crippen LogP contribution in [0, 0.1) is 0 Å². The molecule has 3 aromatic rings. The van der Waals surface area contributed by atoms with Crippen molar-refractivity contribution in [3.8, 4) is 0 Å². The van der Waals surface area contributed by atoms with Crippen LogP contribution in [0.25, 0.3) is 11.1 Å². The topological polar surface area (TPSA) is 55.3 Å². The van der Waals surface area contributed by atoms with Crippen LogP contribution in [0.1, 0.15) is 12.8 Å². The molecule has 1 heterocycles. The summed E-state index contributed by atoms with van der Waals surface area (Å²) in [7, 11) is 0. The van der Waals surface area contributed by atoms with E-state index in [1.54, 1.807) is 0 Å². The summed E-state index contributed by atoms with van der Waals surface area (Å²) in [5.41, 5.74) is 9.17. The van der Waals surface area contributed by atoms with Crippen LogP contribution in [0.4, 0.5) is 11.4 Å². The molecule has 1 aromatic heterocycles. The number of benzene rings is 2. The molecule has 0 aliphatic carbocycles. The molecule has 0 amide bonds. The number of rotatable bonds is 4. The maximum absolute atomic E-state index is 5.90. The van der Waals surface area contributed by atoms with Gasteiger partial charge in [0.2, 0.25) is 5.89 Å². The van der Waals surface area contributed by atoms with Crippen molar-refractivity contribution >= 4 is 22.5 Å². The number of hydrogen-bond acceptors (Lipinski definition) is 4. The molecule has 0 saturated heterocycles. The van der Waals surface area contributed by atoms with Crippen LogP contribution >= 0.6 is 0 Å². The van der Waals surface area contributed by atoms with E-state index in [4.69, 9.17) is 10.2 Å². The maximum Gasteiger partial charge on any atom is 0.215 e. The van der Waals surface area contributed by atoms with Crippen molar-refractivity contribution in [2.75, 3.05) is 17.2 Å². The number of aromatic nitrogens is 1. The molecular weight excluding hydrogens is 250 g/mol. The fraction of sp³-hybridized carbons (Fsp3) is 0.188. The highest BCUT2D eigenvalue weighted by Crippen LogP contribution is 2.23. The Morgan fingerprint density at radius 3 is 2.60 bits per heavy atom. The van der Waals surface area contributed by atoms with Gasteiger partial charge in [0.1, 0.15) is 5.52 Å². The molecule has 102 valence electrons. The van der Waals surface area contributed by atoms with E-state index in [0.29, 0.717) is 23.7 Å². The number of nitrogens with zero attached hydrogens (tertiary/aromatic N) is 2. The minimum Gasteiger partial charge on any atom is -0.437 e. The van der Waals surface area contributed by atoms with Crippen LogP contribution in [0.15, 0.2) is 52.9 Å². The van der Waals surface area contributed by atoms with E-state index in [0.717, 1.165) is 17.7 Å². The Bertz CT molecular complexity index is 706. The van der Waals surface area contributed by atoms with Gasteiger partial charge in [0.25, 0.3) is 0 Å². The molecule has 0 bridgehead atoms. The summed E-state index contributed by atoms with van der Waals surface area (Å²) in [4.78, 5) is 6.71. The van der Waals surface area contributed by atoms with Gasteiger partial charge in [-0.25, -0.2) is 4.98 Å². The summed E-state index contributed by atoms with van der Waals surface area (Å²) < 4.78 is 5.77. The third-order valence-electron chi connectivity index (χ3n) is 3.32. The summed E-state index contributed by atoms with van der Waals surface area (Å²) in [5.74, 6) is 0.684. The molecule has 0 aliphatic heterocycles. The summed E-state index contributed by atoms with van der Waals surface area (Å²) >= 11 is 0. The van der Waals surface area contributed by atoms with Gasteiger partial charge in [0, 0.05) is 12.2 Å². The highest BCUT2D eigenvalue weighted by Gasteiger charge is 2.12. The second kappa shape index (κ2) is 5.25. The molecule has 0 saturated carbocycles. The summed E-state index contributed by atoms with van der Waals surface area (Å²) in [6.45, 7) is 3.64. The van der Waals surface area contributed by atoms with Gasteiger partial charge >= 0.3 is 0 Å². The lowest BCUT2D eigenvalue weighted by molar-refractivity contribution is 0.522. The van der Waals surface area contributed by atoms with Crippen LogP contribution < -0.4 is 10.6 Å². The van der Waals surface area contributed by atoms with E-state index in [1.165, 1.54) is 0 Å². The zero-order valence-electron chi connectivity index (χ0n) is 11.4. The molecule has 3 rings (SSSR count). The Morgan fingerprint density at radius 2 is 1.90 bits per heavy atom. The normalized spacial score (nSPS) is 10.8. The summed E-state index contributed by atoms with van der Waals surface area (Å²) in [6, 6.07) is 15.9. The zero-order chi connectivity index (χ0) is 13.9. The Kier molecular flexibility index (Phi) is 3.29. The molecule has 20 heavy (non-hydrogen) atoms. The summed E-state index contributed by atoms with van der Waals surface area (Å²) in [6.07, 6.45) is 0. The average molecular weight is 267 g/mol. The highest BCUT2D eigenvalue weighted by atomic mass is 16.3. The number of oxazole rings is 1. The minimum absolute atomic E-state index is 0.629. The third kappa shape index (κ3) is 2.32. The van der Waals surface area contributed by atoms with E-state index in [1.807, 2.05) is 36.4 Å². The van der Waals surface area contributed by atoms with E-state index in [9.17, 15) is 0 Å². The van der Waals surface area contributed by atoms with Crippen molar-refractivity contribution in [2.24, 2.45) is 0 Å². The molecule has 4 nitrogen and oxygen atoms in total. The van der Waals surface area contributed by atoms with Crippen molar-refractivity contribution < 1.29 is 4.42 Å². The van der Waals surface area contributed by atoms with Crippen molar-refractivity contribution in [2.45, 2.75) is 13.5 Å². The van der Waals surface area contributed by atoms with Gasteiger partial charge in [-0.15, -0.1) is 0 Å². The molecule has 4 heteroatoms. The van der Waals surface area contributed by atoms with Crippen LogP contribution in [-0.2, 0) is 6.54 Å². The average Bonchev–Trinajstić information content (AvgIpc) is 2.90. The monoisotopic (exact) mass is 267 g/mol. The Labute approximate surface area is 117 Å². The van der Waals surface area contributed by atoms with E-state index < -0.39 is 0 Å². The van der Waals surface area contributed by atoms with E-state index in [2.05, 4.69) is 28.9 Å². The zero-order valence-corrected chi connectivity index (χ0v) is 11.4. The quantitative estimate of drug-likeness (QED) is 0.736. The van der Waals surface area contributed by atoms with Gasteiger partial charge < -0.3 is 15.1 Å². The first-order valence-corrected chi connectivity index (χ1v) is 6.72. The van der Waals surface area contributed by atoms with Gasteiger partial charge in [-0.2, -0.15) is 0 Å². The number of nitrogen functional groups attached to an aromatic ring is 1. The van der Waals surface area contributed by atoms with Crippen molar-refractivity contribution in [1.29, 1.82) is 0 Å². The first kappa shape index (κ1) is 12.5. The van der Waals surface area contributed by atoms with Crippen LogP contribution in [-0.4, -0.2) is 11.5 Å². The number of anilines is 2. The lowest BCUT2D eigenvalue weighted by atomic mass is 10.3. The van der Waals surface area contributed by atoms with Gasteiger partial charge in [0.05, 0.1) is 12.2 Å². The first-order chi connectivity index (χ1) is 9.78. The SMILES string of the molecule is CCN(Cc1nc2cccc(N)c2o1)c1ccccc1. The van der Waals surface area contributed by atoms with E-state index in [-0.39, 0.29) is 0 Å². The minimum atomic E-state index is 0.629. The van der Waals surface area contributed by atoms with Crippen LogP contribution in [0.3, 0.4) is 0 Å². The van der Waals surface area contributed by atoms with Crippen molar-refractivity contribution in [3.63, 3.8) is 0 Å². The lowest BCUT2D eigenvalue weighted by Gasteiger charge is -2.21. The number of para-hydroxylation sites is 2. The second-order valence-electron chi connectivity index (χ2n) is 4.65. The number of fused-ring (bicyclic) bond motifs is 1. The fourth-order valence-electron chi connectivity index (χ4n) is 2.27. The van der Waals surface area contributed by atoms with Crippen molar-refractivity contribution in [1.82, 2.24) is 4.98 Å². The molecule has 0 fully saturated rings. The smallest absolute Gasteiger partial charge is 0.215 e. The van der Waals surface area contributed by atoms with Gasteiger partial charge in [-0.05, 0) is 31.2 Å². The van der Waals surface area contributed by atoms with Gasteiger partial charge in [-0.1, -0.05) is 24.3 Å². The molecular formula is C16H17N3O. The highest BCUT2D eigenvalue weighted by molar-refractivity contribution is 5.84. The fourth-order valence-corrected chi connectivity index (χ4v) is 2.27. The Balaban J connectivity index is 1.90. The predicted octanol–water partition coefficient (Wildman–Crippen LogP) is 3.44. The lowest BCUT2D eigenvalue weighted by Crippen LogP contribution is -2.21. The standard InChI is InChI=1S/C16H17N3O/c1-2-19(12-7-4-3-5-8-12)11-15-18-14-10-6-9-13(17)16(14)20-15/h3-10H,2,11,17H2,1H3. The third-order valence-corrected chi connectivity index (χ3v) is 3.32. The number of hydrogen-bond donors (Lipinski definition) is 1. The Morgan fingerprint density at radius 1 is 1.10 bits per heavy atom. The second-order valence-corrected chi connectivity index (χ2v) is 4.65. The van der Waals surface area contributed by atoms with Crippen molar-refractivity contribution in [3.05, 3.63) is 54.4 Å². The largest absolute Gasteiger partial charge is 0.437 e. The molecule has 0 radical (unpaired) electrons. The molecule has 0 unspecified atom stereocenters. The van der Waals surface area contributed by atoms with Gasteiger partial charge in [-0.3, -0.25) is 0 Å².